The third kappa shape index (κ3) is 4.44. The van der Waals surface area contributed by atoms with Crippen LogP contribution in [0.25, 0.3) is 22.3 Å². The number of aliphatic hydroxyl groups is 1. The molecule has 0 radical (unpaired) electrons. The van der Waals surface area contributed by atoms with E-state index in [9.17, 15) is 19.5 Å². The monoisotopic (exact) mass is 701 g/mol. The largest absolute Gasteiger partial charge is 0.458 e. The number of cyclic esters (lactones) is 1. The minimum Gasteiger partial charge on any atom is -0.458 e. The van der Waals surface area contributed by atoms with Gasteiger partial charge in [0.15, 0.2) is 5.60 Å². The van der Waals surface area contributed by atoms with Gasteiger partial charge in [-0.25, -0.2) is 19.0 Å². The summed E-state index contributed by atoms with van der Waals surface area (Å²) in [4.78, 5) is 57.1. The van der Waals surface area contributed by atoms with Crippen molar-refractivity contribution in [3.05, 3.63) is 61.7 Å². The number of aryl methyl sites for hydroxylation is 1. The van der Waals surface area contributed by atoms with Crippen LogP contribution in [0.3, 0.4) is 0 Å². The highest BCUT2D eigenvalue weighted by molar-refractivity contribution is 5.93. The lowest BCUT2D eigenvalue weighted by molar-refractivity contribution is -0.363. The van der Waals surface area contributed by atoms with Gasteiger partial charge in [0, 0.05) is 47.8 Å². The van der Waals surface area contributed by atoms with Gasteiger partial charge in [0.2, 0.25) is 11.6 Å². The molecule has 3 aliphatic heterocycles. The zero-order chi connectivity index (χ0) is 35.0. The molecule has 1 aromatic carbocycles. The normalized spacial score (nSPS) is 34.2. The highest BCUT2D eigenvalue weighted by Gasteiger charge is 2.63. The quantitative estimate of drug-likeness (QED) is 0.211. The van der Waals surface area contributed by atoms with E-state index in [1.807, 2.05) is 0 Å². The number of pyridine rings is 2. The van der Waals surface area contributed by atoms with Gasteiger partial charge in [-0.2, -0.15) is 9.78 Å². The number of carbonyl (C=O) groups excluding carboxylic acids is 2. The van der Waals surface area contributed by atoms with E-state index in [2.05, 4.69) is 5.32 Å². The van der Waals surface area contributed by atoms with Crippen molar-refractivity contribution in [3.8, 4) is 11.4 Å². The summed E-state index contributed by atoms with van der Waals surface area (Å²) in [5, 5.41) is 15.2. The maximum absolute atomic E-state index is 15.3. The fourth-order valence-electron chi connectivity index (χ4n) is 10.4. The average Bonchev–Trinajstić information content (AvgIpc) is 3.89. The minimum absolute atomic E-state index is 0.0161. The van der Waals surface area contributed by atoms with Crippen molar-refractivity contribution < 1.29 is 43.1 Å². The van der Waals surface area contributed by atoms with Gasteiger partial charge in [-0.15, -0.1) is 0 Å². The fourth-order valence-corrected chi connectivity index (χ4v) is 10.4. The molecule has 7 aliphatic rings. The van der Waals surface area contributed by atoms with Gasteiger partial charge in [-0.3, -0.25) is 4.79 Å². The number of aromatic nitrogens is 2. The standard InChI is InChI=1S/C38H40FN3O9/c1-3-37(46)25-12-29-32-23(16-42(29)33(43)24(25)17-47-34(37)44)31-27(9-8-22-18(2)26(39)13-28(40-32)30(22)31)41-35(45)48-21-5-4-10-36(15-21)49-38(51-50-36)14-19-6-7-20(38)11-19/h12-13,19-21,27,46H,3-11,14-17H2,1-2H3,(H,41,45)/t19?,20?,21?,27-,36?,37-,38?/m0/s1. The highest BCUT2D eigenvalue weighted by atomic mass is 19.1. The number of nitrogens with zero attached hydrogens (tertiary/aromatic N) is 2. The Morgan fingerprint density at radius 1 is 1.14 bits per heavy atom. The van der Waals surface area contributed by atoms with E-state index in [0.717, 1.165) is 47.8 Å². The molecule has 3 saturated carbocycles. The molecular weight excluding hydrogens is 661 g/mol. The first kappa shape index (κ1) is 31.8. The molecule has 2 N–H and O–H groups in total. The molecule has 3 aromatic rings. The second-order valence-corrected chi connectivity index (χ2v) is 15.7. The van der Waals surface area contributed by atoms with Crippen molar-refractivity contribution in [1.82, 2.24) is 14.9 Å². The Morgan fingerprint density at radius 2 is 2.00 bits per heavy atom. The third-order valence-electron chi connectivity index (χ3n) is 13.0. The average molecular weight is 702 g/mol. The van der Waals surface area contributed by atoms with Crippen molar-refractivity contribution in [2.75, 3.05) is 0 Å². The van der Waals surface area contributed by atoms with Gasteiger partial charge >= 0.3 is 12.1 Å². The number of amides is 1. The second kappa shape index (κ2) is 10.8. The van der Waals surface area contributed by atoms with Crippen LogP contribution in [0.2, 0.25) is 0 Å². The molecule has 4 aliphatic carbocycles. The SMILES string of the molecule is CC[C@@]1(O)C(=O)OCc2c1cc1n(c2=O)Cc2c-1nc1cc(F)c(C)c3c1c2[C@@H](NC(=O)OC1CCCC2(C1)OOC1(CC4CCC1C4)O2)CC3. The van der Waals surface area contributed by atoms with Crippen molar-refractivity contribution in [3.63, 3.8) is 0 Å². The molecule has 12 nitrogen and oxygen atoms in total. The fraction of sp³-hybridized carbons (Fsp3) is 0.579. The van der Waals surface area contributed by atoms with Crippen LogP contribution in [0.5, 0.6) is 0 Å². The number of rotatable bonds is 3. The smallest absolute Gasteiger partial charge is 0.407 e. The number of benzene rings is 1. The summed E-state index contributed by atoms with van der Waals surface area (Å²) in [5.74, 6) is -1.88. The Morgan fingerprint density at radius 3 is 2.78 bits per heavy atom. The number of hydrogen-bond acceptors (Lipinski definition) is 10. The molecule has 268 valence electrons. The first-order valence-electron chi connectivity index (χ1n) is 18.4. The van der Waals surface area contributed by atoms with E-state index in [0.29, 0.717) is 66.4 Å². The number of nitrogens with one attached hydrogen (secondary N) is 1. The molecule has 13 heteroatoms. The Kier molecular flexibility index (Phi) is 6.74. The lowest BCUT2D eigenvalue weighted by atomic mass is 9.81. The first-order valence-corrected chi connectivity index (χ1v) is 18.4. The summed E-state index contributed by atoms with van der Waals surface area (Å²) < 4.78 is 34.8. The van der Waals surface area contributed by atoms with Crippen LogP contribution >= 0.6 is 0 Å². The Hall–Kier alpha value is -3.91. The molecule has 7 atom stereocenters. The zero-order valence-electron chi connectivity index (χ0n) is 28.6. The highest BCUT2D eigenvalue weighted by Crippen LogP contribution is 2.59. The van der Waals surface area contributed by atoms with Crippen molar-refractivity contribution >= 4 is 23.0 Å². The van der Waals surface area contributed by atoms with Crippen molar-refractivity contribution in [2.45, 2.75) is 127 Å². The van der Waals surface area contributed by atoms with Gasteiger partial charge in [-0.05, 0) is 87.0 Å². The maximum Gasteiger partial charge on any atom is 0.407 e. The maximum atomic E-state index is 15.3. The van der Waals surface area contributed by atoms with E-state index in [1.165, 1.54) is 12.5 Å². The summed E-state index contributed by atoms with van der Waals surface area (Å²) >= 11 is 0. The van der Waals surface area contributed by atoms with Crippen LogP contribution in [-0.4, -0.2) is 44.4 Å². The number of fused-ring (bicyclic) bond motifs is 8. The number of hydrogen-bond donors (Lipinski definition) is 2. The summed E-state index contributed by atoms with van der Waals surface area (Å²) in [5.41, 5.74) is 2.17. The van der Waals surface area contributed by atoms with Gasteiger partial charge in [0.05, 0.1) is 35.1 Å². The molecule has 2 spiro atoms. The van der Waals surface area contributed by atoms with E-state index in [-0.39, 0.29) is 36.5 Å². The number of carbonyl (C=O) groups is 2. The molecule has 5 unspecified atom stereocenters. The predicted molar refractivity (Wildman–Crippen MR) is 176 cm³/mol. The summed E-state index contributed by atoms with van der Waals surface area (Å²) in [6.45, 7) is 3.30. The number of ether oxygens (including phenoxy) is 3. The lowest BCUT2D eigenvalue weighted by Gasteiger charge is -2.37. The Balaban J connectivity index is 0.978. The molecule has 2 aromatic heterocycles. The lowest BCUT2D eigenvalue weighted by Crippen LogP contribution is -2.45. The Labute approximate surface area is 292 Å². The molecule has 1 amide bonds. The van der Waals surface area contributed by atoms with E-state index < -0.39 is 46.9 Å². The molecule has 4 fully saturated rings. The van der Waals surface area contributed by atoms with Crippen molar-refractivity contribution in [1.29, 1.82) is 0 Å². The molecule has 1 saturated heterocycles. The summed E-state index contributed by atoms with van der Waals surface area (Å²) in [6.07, 6.45) is 6.68. The molecule has 5 heterocycles. The van der Waals surface area contributed by atoms with Crippen LogP contribution in [0, 0.1) is 24.6 Å². The van der Waals surface area contributed by atoms with E-state index in [4.69, 9.17) is 29.0 Å². The molecular formula is C38H40FN3O9. The second-order valence-electron chi connectivity index (χ2n) is 15.7. The first-order chi connectivity index (χ1) is 24.5. The summed E-state index contributed by atoms with van der Waals surface area (Å²) in [6, 6.07) is 2.52. The van der Waals surface area contributed by atoms with Crippen molar-refractivity contribution in [2.24, 2.45) is 11.8 Å². The van der Waals surface area contributed by atoms with Gasteiger partial charge in [0.1, 0.15) is 18.5 Å². The topological polar surface area (TPSA) is 147 Å². The predicted octanol–water partition coefficient (Wildman–Crippen LogP) is 5.37. The summed E-state index contributed by atoms with van der Waals surface area (Å²) in [7, 11) is 0. The Bertz CT molecular complexity index is 2140. The van der Waals surface area contributed by atoms with Crippen LogP contribution in [-0.2, 0) is 54.0 Å². The molecule has 51 heavy (non-hydrogen) atoms. The zero-order valence-corrected chi connectivity index (χ0v) is 28.6. The van der Waals surface area contributed by atoms with E-state index >= 15 is 4.39 Å². The van der Waals surface area contributed by atoms with Gasteiger partial charge in [-0.1, -0.05) is 6.92 Å². The van der Waals surface area contributed by atoms with Gasteiger partial charge in [0.25, 0.3) is 5.56 Å². The number of halogens is 1. The van der Waals surface area contributed by atoms with Gasteiger partial charge < -0.3 is 29.2 Å². The van der Waals surface area contributed by atoms with E-state index in [1.54, 1.807) is 24.5 Å². The van der Waals surface area contributed by atoms with Crippen LogP contribution in [0.15, 0.2) is 16.9 Å². The number of alkyl carbamates (subject to hydrolysis) is 1. The molecule has 2 bridgehead atoms. The third-order valence-corrected chi connectivity index (χ3v) is 13.0. The van der Waals surface area contributed by atoms with Crippen LogP contribution in [0.4, 0.5) is 9.18 Å². The number of esters is 1. The van der Waals surface area contributed by atoms with Crippen LogP contribution < -0.4 is 10.9 Å². The minimum atomic E-state index is -1.98. The van der Waals surface area contributed by atoms with Crippen LogP contribution in [0.1, 0.15) is 111 Å². The molecule has 10 rings (SSSR count).